The van der Waals surface area contributed by atoms with Crippen LogP contribution < -0.4 is 31.0 Å². The molecule has 0 aliphatic heterocycles. The molecule has 0 saturated heterocycles. The molecule has 6 heteroatoms. The lowest BCUT2D eigenvalue weighted by Crippen LogP contribution is -3.00. The zero-order chi connectivity index (χ0) is 18.6. The van der Waals surface area contributed by atoms with E-state index in [0.29, 0.717) is 0 Å². The molecule has 0 fully saturated rings. The number of aromatic nitrogens is 2. The standard InChI is InChI=1S/C22H19N3OS.BrH/c1-16-10-6-7-13-18(16)23-22-24-21(17-11-4-3-5-12-17)25(27-22)19-14-8-9-15-20(19)26-2;/h3-15H,1-2H3;1H. The van der Waals surface area contributed by atoms with E-state index in [1.807, 2.05) is 54.6 Å². The molecule has 1 N–H and O–H groups in total. The van der Waals surface area contributed by atoms with Gasteiger partial charge in [0.05, 0.1) is 12.7 Å². The van der Waals surface area contributed by atoms with Gasteiger partial charge in [-0.2, -0.15) is 0 Å². The average molecular weight is 454 g/mol. The summed E-state index contributed by atoms with van der Waals surface area (Å²) in [7, 11) is 1.69. The van der Waals surface area contributed by atoms with Gasteiger partial charge in [-0.3, -0.25) is 0 Å². The smallest absolute Gasteiger partial charge is 0.350 e. The number of hydrogen-bond donors (Lipinski definition) is 1. The fourth-order valence-electron chi connectivity index (χ4n) is 2.90. The first-order valence-corrected chi connectivity index (χ1v) is 9.48. The molecular weight excluding hydrogens is 434 g/mol. The lowest BCUT2D eigenvalue weighted by atomic mass is 10.2. The Kier molecular flexibility index (Phi) is 6.44. The molecule has 0 aliphatic carbocycles. The van der Waals surface area contributed by atoms with E-state index < -0.39 is 0 Å². The molecule has 4 nitrogen and oxygen atoms in total. The summed E-state index contributed by atoms with van der Waals surface area (Å²) in [6.45, 7) is 2.09. The van der Waals surface area contributed by atoms with E-state index in [1.165, 1.54) is 5.56 Å². The van der Waals surface area contributed by atoms with Crippen molar-refractivity contribution in [2.24, 2.45) is 0 Å². The first kappa shape index (κ1) is 20.0. The predicted molar refractivity (Wildman–Crippen MR) is 110 cm³/mol. The highest BCUT2D eigenvalue weighted by atomic mass is 79.9. The molecule has 0 atom stereocenters. The van der Waals surface area contributed by atoms with Crippen LogP contribution in [-0.4, -0.2) is 12.1 Å². The maximum atomic E-state index is 5.57. The maximum Gasteiger partial charge on any atom is 0.350 e. The second-order valence-electron chi connectivity index (χ2n) is 6.10. The van der Waals surface area contributed by atoms with E-state index in [4.69, 9.17) is 9.72 Å². The third kappa shape index (κ3) is 4.08. The van der Waals surface area contributed by atoms with E-state index in [2.05, 4.69) is 40.5 Å². The fraction of sp³-hybridized carbons (Fsp3) is 0.0909. The number of methoxy groups -OCH3 is 1. The monoisotopic (exact) mass is 453 g/mol. The Balaban J connectivity index is 0.00000225. The number of benzene rings is 3. The van der Waals surface area contributed by atoms with E-state index in [9.17, 15) is 0 Å². The zero-order valence-corrected chi connectivity index (χ0v) is 18.0. The Labute approximate surface area is 179 Å². The van der Waals surface area contributed by atoms with Crippen LogP contribution in [0.4, 0.5) is 10.8 Å². The second kappa shape index (κ2) is 8.99. The Morgan fingerprint density at radius 3 is 2.32 bits per heavy atom. The van der Waals surface area contributed by atoms with Crippen LogP contribution in [0.15, 0.2) is 78.9 Å². The third-order valence-corrected chi connectivity index (χ3v) is 5.22. The van der Waals surface area contributed by atoms with Gasteiger partial charge in [0.15, 0.2) is 11.4 Å². The largest absolute Gasteiger partial charge is 1.00 e. The summed E-state index contributed by atoms with van der Waals surface area (Å²) in [5, 5.41) is 4.28. The summed E-state index contributed by atoms with van der Waals surface area (Å²) in [5.74, 6) is 1.69. The summed E-state index contributed by atoms with van der Waals surface area (Å²) < 4.78 is 7.68. The number of nitrogens with zero attached hydrogens (tertiary/aromatic N) is 2. The molecule has 0 saturated carbocycles. The molecule has 0 bridgehead atoms. The third-order valence-electron chi connectivity index (χ3n) is 4.30. The van der Waals surface area contributed by atoms with Crippen molar-refractivity contribution >= 4 is 22.4 Å². The van der Waals surface area contributed by atoms with Gasteiger partial charge >= 0.3 is 11.0 Å². The normalized spacial score (nSPS) is 10.2. The van der Waals surface area contributed by atoms with Crippen molar-refractivity contribution in [1.82, 2.24) is 4.98 Å². The van der Waals surface area contributed by atoms with Crippen molar-refractivity contribution in [3.8, 4) is 22.8 Å². The van der Waals surface area contributed by atoms with Gasteiger partial charge in [0.2, 0.25) is 0 Å². The molecular formula is C22H20BrN3OS. The van der Waals surface area contributed by atoms with Gasteiger partial charge in [-0.25, -0.2) is 0 Å². The molecule has 4 rings (SSSR count). The first-order chi connectivity index (χ1) is 13.3. The van der Waals surface area contributed by atoms with Gasteiger partial charge in [0.25, 0.3) is 0 Å². The molecule has 142 valence electrons. The Morgan fingerprint density at radius 2 is 1.57 bits per heavy atom. The number of rotatable bonds is 5. The van der Waals surface area contributed by atoms with Crippen LogP contribution in [-0.2, 0) is 0 Å². The Morgan fingerprint density at radius 1 is 0.893 bits per heavy atom. The summed E-state index contributed by atoms with van der Waals surface area (Å²) in [6.07, 6.45) is 0. The van der Waals surface area contributed by atoms with Crippen LogP contribution >= 0.6 is 11.5 Å². The zero-order valence-electron chi connectivity index (χ0n) is 15.6. The van der Waals surface area contributed by atoms with Gasteiger partial charge in [-0.1, -0.05) is 48.5 Å². The Bertz CT molecular complexity index is 1070. The highest BCUT2D eigenvalue weighted by Gasteiger charge is 2.26. The maximum absolute atomic E-state index is 5.57. The number of ether oxygens (including phenoxy) is 1. The molecule has 0 spiro atoms. The molecule has 28 heavy (non-hydrogen) atoms. The lowest BCUT2D eigenvalue weighted by molar-refractivity contribution is -0.510. The predicted octanol–water partition coefficient (Wildman–Crippen LogP) is 2.15. The van der Waals surface area contributed by atoms with Gasteiger partial charge in [-0.15, -0.1) is 3.96 Å². The summed E-state index contributed by atoms with van der Waals surface area (Å²) in [6, 6.07) is 26.4. The molecule has 1 aromatic heterocycles. The van der Waals surface area contributed by atoms with E-state index in [1.54, 1.807) is 18.6 Å². The highest BCUT2D eigenvalue weighted by Crippen LogP contribution is 2.28. The van der Waals surface area contributed by atoms with Crippen LogP contribution in [0.25, 0.3) is 17.1 Å². The van der Waals surface area contributed by atoms with Crippen LogP contribution in [0, 0.1) is 6.92 Å². The number of aryl methyl sites for hydroxylation is 1. The summed E-state index contributed by atoms with van der Waals surface area (Å²) in [5.41, 5.74) is 4.25. The van der Waals surface area contributed by atoms with Gasteiger partial charge in [-0.05, 0) is 47.8 Å². The van der Waals surface area contributed by atoms with E-state index in [-0.39, 0.29) is 17.0 Å². The van der Waals surface area contributed by atoms with Crippen molar-refractivity contribution in [3.05, 3.63) is 84.4 Å². The number of para-hydroxylation sites is 3. The molecule has 3 aromatic carbocycles. The molecule has 4 aromatic rings. The van der Waals surface area contributed by atoms with Gasteiger partial charge < -0.3 is 27.0 Å². The van der Waals surface area contributed by atoms with Gasteiger partial charge in [0, 0.05) is 5.69 Å². The molecule has 0 radical (unpaired) electrons. The minimum Gasteiger partial charge on any atom is -1.00 e. The number of halogens is 1. The molecule has 0 aliphatic rings. The van der Waals surface area contributed by atoms with Crippen molar-refractivity contribution in [3.63, 3.8) is 0 Å². The summed E-state index contributed by atoms with van der Waals surface area (Å²) >= 11 is 1.55. The van der Waals surface area contributed by atoms with Crippen LogP contribution in [0.3, 0.4) is 0 Å². The average Bonchev–Trinajstić information content (AvgIpc) is 3.14. The highest BCUT2D eigenvalue weighted by molar-refractivity contribution is 7.06. The van der Waals surface area contributed by atoms with E-state index in [0.717, 1.165) is 33.6 Å². The molecule has 1 heterocycles. The van der Waals surface area contributed by atoms with Crippen LogP contribution in [0.5, 0.6) is 5.75 Å². The van der Waals surface area contributed by atoms with Crippen molar-refractivity contribution in [2.45, 2.75) is 6.92 Å². The number of anilines is 2. The van der Waals surface area contributed by atoms with Crippen molar-refractivity contribution < 1.29 is 25.7 Å². The molecule has 0 amide bonds. The summed E-state index contributed by atoms with van der Waals surface area (Å²) in [4.78, 5) is 4.88. The minimum absolute atomic E-state index is 0. The minimum atomic E-state index is 0. The van der Waals surface area contributed by atoms with Crippen LogP contribution in [0.1, 0.15) is 5.56 Å². The van der Waals surface area contributed by atoms with E-state index >= 15 is 0 Å². The fourth-order valence-corrected chi connectivity index (χ4v) is 3.84. The topological polar surface area (TPSA) is 38.0 Å². The number of hydrogen-bond acceptors (Lipinski definition) is 4. The first-order valence-electron chi connectivity index (χ1n) is 8.71. The quantitative estimate of drug-likeness (QED) is 0.470. The Hall–Kier alpha value is -2.70. The SMILES string of the molecule is COc1ccccc1-[n+]1sc(Nc2ccccc2C)nc1-c1ccccc1.[Br-]. The van der Waals surface area contributed by atoms with Crippen molar-refractivity contribution in [2.75, 3.05) is 12.4 Å². The van der Waals surface area contributed by atoms with Gasteiger partial charge in [0.1, 0.15) is 11.5 Å². The van der Waals surface area contributed by atoms with Crippen molar-refractivity contribution in [1.29, 1.82) is 0 Å². The van der Waals surface area contributed by atoms with Crippen LogP contribution in [0.2, 0.25) is 0 Å². The second-order valence-corrected chi connectivity index (χ2v) is 7.04. The number of nitrogens with one attached hydrogen (secondary N) is 1. The molecule has 0 unspecified atom stereocenters. The lowest BCUT2D eigenvalue weighted by Gasteiger charge is -2.04.